The Morgan fingerprint density at radius 2 is 1.68 bits per heavy atom. The van der Waals surface area contributed by atoms with Crippen molar-refractivity contribution < 1.29 is 13.2 Å². The third-order valence-corrected chi connectivity index (χ3v) is 10.5. The van der Waals surface area contributed by atoms with Crippen molar-refractivity contribution >= 4 is 42.6 Å². The summed E-state index contributed by atoms with van der Waals surface area (Å²) < 4.78 is 29.1. The molecule has 1 amide bonds. The molecule has 0 saturated carbocycles. The number of thiazole rings is 1. The molecule has 4 aromatic rings. The van der Waals surface area contributed by atoms with Gasteiger partial charge in [0.25, 0.3) is 5.91 Å². The molecule has 1 aliphatic heterocycles. The SMILES string of the molecule is CCc1ccc2nc(N3CCN(CCNC(=O)c4ccc(S(=O)(=O)N(CC)Cc5ccccc5)cc4)CC3)sc2c1. The van der Waals surface area contributed by atoms with E-state index in [9.17, 15) is 13.2 Å². The second-order valence-electron chi connectivity index (χ2n) is 10.2. The van der Waals surface area contributed by atoms with Crippen molar-refractivity contribution in [3.63, 3.8) is 0 Å². The van der Waals surface area contributed by atoms with Gasteiger partial charge in [0.2, 0.25) is 10.0 Å². The highest BCUT2D eigenvalue weighted by atomic mass is 32.2. The summed E-state index contributed by atoms with van der Waals surface area (Å²) in [6.07, 6.45) is 1.03. The first-order valence-electron chi connectivity index (χ1n) is 14.2. The number of anilines is 1. The molecule has 2 heterocycles. The molecular weight excluding hydrogens is 555 g/mol. The fourth-order valence-electron chi connectivity index (χ4n) is 4.99. The molecular formula is C31H37N5O3S2. The van der Waals surface area contributed by atoms with E-state index < -0.39 is 10.0 Å². The lowest BCUT2D eigenvalue weighted by Crippen LogP contribution is -2.48. The van der Waals surface area contributed by atoms with Gasteiger partial charge in [-0.2, -0.15) is 4.31 Å². The average molecular weight is 592 g/mol. The van der Waals surface area contributed by atoms with Crippen molar-refractivity contribution in [3.05, 3.63) is 89.5 Å². The second-order valence-corrected chi connectivity index (χ2v) is 13.1. The Balaban J connectivity index is 1.09. The molecule has 41 heavy (non-hydrogen) atoms. The monoisotopic (exact) mass is 591 g/mol. The Morgan fingerprint density at radius 1 is 0.951 bits per heavy atom. The van der Waals surface area contributed by atoms with Gasteiger partial charge in [0.05, 0.1) is 15.1 Å². The van der Waals surface area contributed by atoms with Gasteiger partial charge in [-0.25, -0.2) is 13.4 Å². The van der Waals surface area contributed by atoms with E-state index in [1.165, 1.54) is 26.7 Å². The molecule has 3 aromatic carbocycles. The zero-order valence-corrected chi connectivity index (χ0v) is 25.3. The lowest BCUT2D eigenvalue weighted by atomic mass is 10.2. The second kappa shape index (κ2) is 13.1. The first-order valence-corrected chi connectivity index (χ1v) is 16.4. The van der Waals surface area contributed by atoms with E-state index in [2.05, 4.69) is 40.2 Å². The van der Waals surface area contributed by atoms with Crippen molar-refractivity contribution in [2.45, 2.75) is 31.7 Å². The summed E-state index contributed by atoms with van der Waals surface area (Å²) >= 11 is 1.76. The van der Waals surface area contributed by atoms with Crippen LogP contribution in [0.2, 0.25) is 0 Å². The number of nitrogens with zero attached hydrogens (tertiary/aromatic N) is 4. The van der Waals surface area contributed by atoms with Crippen LogP contribution in [0.5, 0.6) is 0 Å². The zero-order chi connectivity index (χ0) is 28.8. The Kier molecular flexibility index (Phi) is 9.34. The number of hydrogen-bond donors (Lipinski definition) is 1. The molecule has 0 atom stereocenters. The van der Waals surface area contributed by atoms with Crippen LogP contribution in [-0.4, -0.2) is 74.3 Å². The van der Waals surface area contributed by atoms with E-state index in [-0.39, 0.29) is 10.8 Å². The Labute approximate surface area is 246 Å². The summed E-state index contributed by atoms with van der Waals surface area (Å²) in [6.45, 7) is 9.58. The molecule has 5 rings (SSSR count). The zero-order valence-electron chi connectivity index (χ0n) is 23.6. The molecule has 1 fully saturated rings. The van der Waals surface area contributed by atoms with E-state index >= 15 is 0 Å². The van der Waals surface area contributed by atoms with Crippen molar-refractivity contribution in [2.75, 3.05) is 50.7 Å². The van der Waals surface area contributed by atoms with E-state index in [4.69, 9.17) is 4.98 Å². The molecule has 1 aliphatic rings. The summed E-state index contributed by atoms with van der Waals surface area (Å²) in [5.41, 5.74) is 3.77. The topological polar surface area (TPSA) is 85.9 Å². The number of amides is 1. The number of sulfonamides is 1. The lowest BCUT2D eigenvalue weighted by Gasteiger charge is -2.34. The standard InChI is InChI=1S/C31H37N5O3S2/c1-3-24-10-15-28-29(22-24)40-31(33-28)35-20-18-34(19-21-35)17-16-32-30(37)26-11-13-27(14-12-26)41(38,39)36(4-2)23-25-8-6-5-7-9-25/h5-15,22H,3-4,16-21,23H2,1-2H3,(H,32,37). The molecule has 1 saturated heterocycles. The van der Waals surface area contributed by atoms with Crippen molar-refractivity contribution in [3.8, 4) is 0 Å². The van der Waals surface area contributed by atoms with Crippen LogP contribution in [-0.2, 0) is 23.0 Å². The smallest absolute Gasteiger partial charge is 0.251 e. The number of fused-ring (bicyclic) bond motifs is 1. The van der Waals surface area contributed by atoms with Crippen LogP contribution >= 0.6 is 11.3 Å². The Bertz CT molecular complexity index is 1560. The third kappa shape index (κ3) is 6.95. The number of rotatable bonds is 11. The summed E-state index contributed by atoms with van der Waals surface area (Å²) in [5, 5.41) is 4.06. The van der Waals surface area contributed by atoms with Gasteiger partial charge in [-0.3, -0.25) is 9.69 Å². The van der Waals surface area contributed by atoms with Gasteiger partial charge >= 0.3 is 0 Å². The summed E-state index contributed by atoms with van der Waals surface area (Å²) in [7, 11) is -3.67. The van der Waals surface area contributed by atoms with E-state index in [1.54, 1.807) is 23.5 Å². The highest BCUT2D eigenvalue weighted by molar-refractivity contribution is 7.89. The van der Waals surface area contributed by atoms with E-state index in [0.717, 1.165) is 55.4 Å². The Hall–Kier alpha value is -3.31. The molecule has 0 radical (unpaired) electrons. The van der Waals surface area contributed by atoms with Crippen LogP contribution in [0.25, 0.3) is 10.2 Å². The Morgan fingerprint density at radius 3 is 2.37 bits per heavy atom. The number of nitrogens with one attached hydrogen (secondary N) is 1. The number of hydrogen-bond acceptors (Lipinski definition) is 7. The van der Waals surface area contributed by atoms with Crippen molar-refractivity contribution in [1.29, 1.82) is 0 Å². The molecule has 0 spiro atoms. The molecule has 216 valence electrons. The van der Waals surface area contributed by atoms with Gasteiger partial charge in [-0.15, -0.1) is 0 Å². The molecule has 0 aliphatic carbocycles. The third-order valence-electron chi connectivity index (χ3n) is 7.51. The number of aromatic nitrogens is 1. The summed E-state index contributed by atoms with van der Waals surface area (Å²) in [5.74, 6) is -0.204. The number of carbonyl (C=O) groups is 1. The van der Waals surface area contributed by atoms with Gasteiger partial charge in [0, 0.05) is 57.9 Å². The number of piperazine rings is 1. The first kappa shape index (κ1) is 29.2. The van der Waals surface area contributed by atoms with Crippen LogP contribution in [0.1, 0.15) is 35.3 Å². The summed E-state index contributed by atoms with van der Waals surface area (Å²) in [6, 6.07) is 22.2. The van der Waals surface area contributed by atoms with Crippen LogP contribution in [0.3, 0.4) is 0 Å². The van der Waals surface area contributed by atoms with Gasteiger partial charge in [-0.05, 0) is 53.9 Å². The van der Waals surface area contributed by atoms with Gasteiger partial charge < -0.3 is 10.2 Å². The lowest BCUT2D eigenvalue weighted by molar-refractivity contribution is 0.0947. The fourth-order valence-corrected chi connectivity index (χ4v) is 7.50. The minimum Gasteiger partial charge on any atom is -0.351 e. The van der Waals surface area contributed by atoms with Crippen LogP contribution in [0, 0.1) is 0 Å². The number of carbonyl (C=O) groups excluding carboxylic acids is 1. The molecule has 1 aromatic heterocycles. The van der Waals surface area contributed by atoms with Gasteiger partial charge in [0.15, 0.2) is 5.13 Å². The highest BCUT2D eigenvalue weighted by Gasteiger charge is 2.24. The molecule has 0 unspecified atom stereocenters. The molecule has 0 bridgehead atoms. The molecule has 1 N–H and O–H groups in total. The molecule has 8 nitrogen and oxygen atoms in total. The maximum absolute atomic E-state index is 13.2. The number of benzene rings is 3. The average Bonchev–Trinajstić information content (AvgIpc) is 3.44. The molecule has 10 heteroatoms. The largest absolute Gasteiger partial charge is 0.351 e. The van der Waals surface area contributed by atoms with Crippen LogP contribution < -0.4 is 10.2 Å². The quantitative estimate of drug-likeness (QED) is 0.274. The highest BCUT2D eigenvalue weighted by Crippen LogP contribution is 2.30. The van der Waals surface area contributed by atoms with E-state index in [0.29, 0.717) is 25.2 Å². The number of aryl methyl sites for hydroxylation is 1. The minimum absolute atomic E-state index is 0.184. The fraction of sp³-hybridized carbons (Fsp3) is 0.355. The predicted octanol–water partition coefficient (Wildman–Crippen LogP) is 4.62. The van der Waals surface area contributed by atoms with Gasteiger partial charge in [-0.1, -0.05) is 61.6 Å². The van der Waals surface area contributed by atoms with Crippen LogP contribution in [0.4, 0.5) is 5.13 Å². The maximum atomic E-state index is 13.2. The maximum Gasteiger partial charge on any atom is 0.251 e. The minimum atomic E-state index is -3.67. The first-order chi connectivity index (χ1) is 19.9. The van der Waals surface area contributed by atoms with Crippen molar-refractivity contribution in [1.82, 2.24) is 19.5 Å². The summed E-state index contributed by atoms with van der Waals surface area (Å²) in [4.78, 5) is 22.5. The normalized spacial score (nSPS) is 14.6. The van der Waals surface area contributed by atoms with Crippen LogP contribution in [0.15, 0.2) is 77.7 Å². The van der Waals surface area contributed by atoms with E-state index in [1.807, 2.05) is 37.3 Å². The van der Waals surface area contributed by atoms with Crippen molar-refractivity contribution in [2.24, 2.45) is 0 Å². The van der Waals surface area contributed by atoms with Gasteiger partial charge in [0.1, 0.15) is 0 Å². The predicted molar refractivity (Wildman–Crippen MR) is 166 cm³/mol.